The predicted molar refractivity (Wildman–Crippen MR) is 92.4 cm³/mol. The Bertz CT molecular complexity index is 676. The summed E-state index contributed by atoms with van der Waals surface area (Å²) >= 11 is 6.49. The van der Waals surface area contributed by atoms with Crippen LogP contribution in [0.4, 0.5) is 5.69 Å². The molecule has 1 heterocycles. The van der Waals surface area contributed by atoms with E-state index < -0.39 is 0 Å². The number of amides is 1. The van der Waals surface area contributed by atoms with Crippen molar-refractivity contribution in [3.8, 4) is 12.3 Å². The third-order valence-corrected chi connectivity index (χ3v) is 5.32. The number of benzene rings is 1. The largest absolute Gasteiger partial charge is 0.397 e. The summed E-state index contributed by atoms with van der Waals surface area (Å²) in [6.07, 6.45) is 5.16. The van der Waals surface area contributed by atoms with Gasteiger partial charge in [0.2, 0.25) is 0 Å². The number of thioether (sulfide) groups is 1. The molecule has 0 spiro atoms. The fourth-order valence-corrected chi connectivity index (χ4v) is 4.03. The van der Waals surface area contributed by atoms with Crippen molar-refractivity contribution in [3.05, 3.63) is 27.5 Å². The van der Waals surface area contributed by atoms with Gasteiger partial charge in [-0.2, -0.15) is 0 Å². The standard InChI is InChI=1S/C14H13BrN2OS2/c1-2-7-19-8-6-17-14(18)13-12(16)11-9(15)4-3-5-10(11)20-13/h1,3-5H,6-8,16H2,(H,17,18). The van der Waals surface area contributed by atoms with Gasteiger partial charge in [0.25, 0.3) is 5.91 Å². The second-order valence-electron chi connectivity index (χ2n) is 3.97. The van der Waals surface area contributed by atoms with Crippen LogP contribution in [0.25, 0.3) is 10.1 Å². The van der Waals surface area contributed by atoms with Gasteiger partial charge in [0.1, 0.15) is 4.88 Å². The van der Waals surface area contributed by atoms with Crippen molar-refractivity contribution < 1.29 is 4.79 Å². The molecule has 104 valence electrons. The van der Waals surface area contributed by atoms with Gasteiger partial charge in [-0.25, -0.2) is 0 Å². The number of nitrogen functional groups attached to an aromatic ring is 1. The summed E-state index contributed by atoms with van der Waals surface area (Å²) < 4.78 is 1.91. The van der Waals surface area contributed by atoms with Crippen LogP contribution in [-0.2, 0) is 0 Å². The topological polar surface area (TPSA) is 55.1 Å². The molecule has 20 heavy (non-hydrogen) atoms. The van der Waals surface area contributed by atoms with Crippen LogP contribution in [0, 0.1) is 12.3 Å². The lowest BCUT2D eigenvalue weighted by atomic mass is 10.2. The zero-order chi connectivity index (χ0) is 14.5. The Hall–Kier alpha value is -1.16. The molecule has 2 rings (SSSR count). The van der Waals surface area contributed by atoms with Crippen molar-refractivity contribution in [2.45, 2.75) is 0 Å². The van der Waals surface area contributed by atoms with Crippen LogP contribution in [0.1, 0.15) is 9.67 Å². The molecule has 0 aliphatic carbocycles. The van der Waals surface area contributed by atoms with E-state index in [0.29, 0.717) is 22.9 Å². The zero-order valence-corrected chi connectivity index (χ0v) is 13.8. The molecule has 0 fully saturated rings. The molecule has 1 aromatic carbocycles. The highest BCUT2D eigenvalue weighted by Gasteiger charge is 2.17. The van der Waals surface area contributed by atoms with Crippen molar-refractivity contribution >= 4 is 60.7 Å². The van der Waals surface area contributed by atoms with E-state index in [4.69, 9.17) is 12.2 Å². The number of terminal acetylenes is 1. The first kappa shape index (κ1) is 15.2. The van der Waals surface area contributed by atoms with Crippen LogP contribution in [0.3, 0.4) is 0 Å². The van der Waals surface area contributed by atoms with Crippen molar-refractivity contribution in [2.24, 2.45) is 0 Å². The summed E-state index contributed by atoms with van der Waals surface area (Å²) in [7, 11) is 0. The number of nitrogens with one attached hydrogen (secondary N) is 1. The summed E-state index contributed by atoms with van der Waals surface area (Å²) in [5.74, 6) is 3.88. The Balaban J connectivity index is 2.09. The van der Waals surface area contributed by atoms with E-state index in [1.807, 2.05) is 18.2 Å². The Kier molecular flexibility index (Phi) is 5.35. The van der Waals surface area contributed by atoms with Gasteiger partial charge in [0.15, 0.2) is 0 Å². The molecule has 1 aromatic heterocycles. The summed E-state index contributed by atoms with van der Waals surface area (Å²) in [5, 5.41) is 3.77. The monoisotopic (exact) mass is 368 g/mol. The molecular weight excluding hydrogens is 356 g/mol. The minimum absolute atomic E-state index is 0.128. The zero-order valence-electron chi connectivity index (χ0n) is 10.6. The quantitative estimate of drug-likeness (QED) is 0.628. The van der Waals surface area contributed by atoms with Crippen LogP contribution in [0.15, 0.2) is 22.7 Å². The number of hydrogen-bond acceptors (Lipinski definition) is 4. The first-order valence-electron chi connectivity index (χ1n) is 5.91. The van der Waals surface area contributed by atoms with E-state index in [-0.39, 0.29) is 5.91 Å². The Labute approximate surface area is 134 Å². The lowest BCUT2D eigenvalue weighted by molar-refractivity contribution is 0.0961. The smallest absolute Gasteiger partial charge is 0.263 e. The molecule has 0 saturated heterocycles. The number of rotatable bonds is 5. The predicted octanol–water partition coefficient (Wildman–Crippen LogP) is 3.34. The highest BCUT2D eigenvalue weighted by molar-refractivity contribution is 9.10. The lowest BCUT2D eigenvalue weighted by Crippen LogP contribution is -2.25. The number of fused-ring (bicyclic) bond motifs is 1. The van der Waals surface area contributed by atoms with Crippen molar-refractivity contribution in [2.75, 3.05) is 23.8 Å². The van der Waals surface area contributed by atoms with Crippen LogP contribution in [0.5, 0.6) is 0 Å². The average molecular weight is 369 g/mol. The van der Waals surface area contributed by atoms with Gasteiger partial charge >= 0.3 is 0 Å². The summed E-state index contributed by atoms with van der Waals surface area (Å²) in [4.78, 5) is 12.7. The highest BCUT2D eigenvalue weighted by Crippen LogP contribution is 2.37. The molecule has 0 saturated carbocycles. The Morgan fingerprint density at radius 1 is 1.55 bits per heavy atom. The number of thiophene rings is 1. The number of hydrogen-bond donors (Lipinski definition) is 2. The first-order valence-corrected chi connectivity index (χ1v) is 8.67. The molecule has 0 radical (unpaired) electrons. The number of anilines is 1. The fraction of sp³-hybridized carbons (Fsp3) is 0.214. The van der Waals surface area contributed by atoms with Gasteiger partial charge in [0.05, 0.1) is 11.4 Å². The van der Waals surface area contributed by atoms with Crippen LogP contribution < -0.4 is 11.1 Å². The number of nitrogens with two attached hydrogens (primary N) is 1. The van der Waals surface area contributed by atoms with Crippen molar-refractivity contribution in [1.82, 2.24) is 5.32 Å². The van der Waals surface area contributed by atoms with E-state index >= 15 is 0 Å². The van der Waals surface area contributed by atoms with Crippen molar-refractivity contribution in [3.63, 3.8) is 0 Å². The van der Waals surface area contributed by atoms with E-state index in [0.717, 1.165) is 20.3 Å². The van der Waals surface area contributed by atoms with Gasteiger partial charge in [-0.05, 0) is 12.1 Å². The van der Waals surface area contributed by atoms with Gasteiger partial charge in [-0.15, -0.1) is 29.5 Å². The van der Waals surface area contributed by atoms with E-state index in [2.05, 4.69) is 27.2 Å². The first-order chi connectivity index (χ1) is 9.65. The molecule has 0 atom stereocenters. The number of halogens is 1. The molecule has 0 unspecified atom stereocenters. The van der Waals surface area contributed by atoms with Gasteiger partial charge in [0, 0.05) is 26.9 Å². The Morgan fingerprint density at radius 2 is 2.35 bits per heavy atom. The molecule has 2 aromatic rings. The third-order valence-electron chi connectivity index (χ3n) is 2.62. The molecule has 3 nitrogen and oxygen atoms in total. The van der Waals surface area contributed by atoms with Gasteiger partial charge < -0.3 is 11.1 Å². The molecule has 0 bridgehead atoms. The molecule has 0 aliphatic rings. The minimum atomic E-state index is -0.128. The molecule has 6 heteroatoms. The number of carbonyl (C=O) groups is 1. The maximum atomic E-state index is 12.1. The van der Waals surface area contributed by atoms with E-state index in [1.54, 1.807) is 11.8 Å². The second kappa shape index (κ2) is 7.02. The van der Waals surface area contributed by atoms with Crippen LogP contribution >= 0.6 is 39.0 Å². The van der Waals surface area contributed by atoms with E-state index in [9.17, 15) is 4.79 Å². The summed E-state index contributed by atoms with van der Waals surface area (Å²) in [6.45, 7) is 0.583. The van der Waals surface area contributed by atoms with Crippen molar-refractivity contribution in [1.29, 1.82) is 0 Å². The lowest BCUT2D eigenvalue weighted by Gasteiger charge is -2.03. The third kappa shape index (κ3) is 3.29. The molecule has 3 N–H and O–H groups in total. The maximum Gasteiger partial charge on any atom is 0.263 e. The van der Waals surface area contributed by atoms with Gasteiger partial charge in [-0.1, -0.05) is 27.9 Å². The molecule has 1 amide bonds. The average Bonchev–Trinajstić information content (AvgIpc) is 2.77. The van der Waals surface area contributed by atoms with Gasteiger partial charge in [-0.3, -0.25) is 4.79 Å². The van der Waals surface area contributed by atoms with Crippen LogP contribution in [0.2, 0.25) is 0 Å². The fourth-order valence-electron chi connectivity index (χ4n) is 1.75. The van der Waals surface area contributed by atoms with E-state index in [1.165, 1.54) is 11.3 Å². The maximum absolute atomic E-state index is 12.1. The summed E-state index contributed by atoms with van der Waals surface area (Å²) in [6, 6.07) is 5.81. The highest BCUT2D eigenvalue weighted by atomic mass is 79.9. The SMILES string of the molecule is C#CCSCCNC(=O)c1sc2cccc(Br)c2c1N. The second-order valence-corrected chi connectivity index (χ2v) is 6.98. The normalized spacial score (nSPS) is 10.4. The molecular formula is C14H13BrN2OS2. The van der Waals surface area contributed by atoms with Crippen LogP contribution in [-0.4, -0.2) is 24.0 Å². The summed E-state index contributed by atoms with van der Waals surface area (Å²) in [5.41, 5.74) is 6.61. The Morgan fingerprint density at radius 3 is 3.05 bits per heavy atom. The minimum Gasteiger partial charge on any atom is -0.397 e. The number of carbonyl (C=O) groups excluding carboxylic acids is 1. The molecule has 0 aliphatic heterocycles.